The molecule has 0 aliphatic carbocycles. The zero-order valence-corrected chi connectivity index (χ0v) is 22.1. The van der Waals surface area contributed by atoms with Crippen LogP contribution in [0.15, 0.2) is 42.5 Å². The van der Waals surface area contributed by atoms with E-state index < -0.39 is 51.9 Å². The Bertz CT molecular complexity index is 1190. The molecule has 0 aliphatic heterocycles. The third kappa shape index (κ3) is 7.75. The molecule has 2 aromatic carbocycles. The van der Waals surface area contributed by atoms with E-state index >= 15 is 0 Å². The highest BCUT2D eigenvalue weighted by Gasteiger charge is 2.35. The Kier molecular flexibility index (Phi) is 10.0. The van der Waals surface area contributed by atoms with Crippen LogP contribution in [0.25, 0.3) is 0 Å². The van der Waals surface area contributed by atoms with Crippen molar-refractivity contribution in [3.8, 4) is 0 Å². The summed E-state index contributed by atoms with van der Waals surface area (Å²) in [5, 5.41) is 2.81. The van der Waals surface area contributed by atoms with Crippen LogP contribution in [0, 0.1) is 0 Å². The third-order valence-corrected chi connectivity index (χ3v) is 6.92. The van der Waals surface area contributed by atoms with Crippen molar-refractivity contribution in [2.24, 2.45) is 0 Å². The molecule has 0 aliphatic rings. The normalized spacial score (nSPS) is 12.7. The molecule has 0 saturated heterocycles. The number of carbonyl (C=O) groups is 2. The van der Waals surface area contributed by atoms with Crippen molar-refractivity contribution >= 4 is 50.7 Å². The lowest BCUT2D eigenvalue weighted by Gasteiger charge is -2.33. The van der Waals surface area contributed by atoms with E-state index in [1.165, 1.54) is 4.90 Å². The highest BCUT2D eigenvalue weighted by atomic mass is 35.5. The van der Waals surface area contributed by atoms with Gasteiger partial charge in [-0.3, -0.25) is 13.9 Å². The second kappa shape index (κ2) is 12.2. The first-order chi connectivity index (χ1) is 16.7. The highest BCUT2D eigenvalue weighted by Crippen LogP contribution is 2.36. The number of amides is 2. The van der Waals surface area contributed by atoms with E-state index in [2.05, 4.69) is 5.32 Å². The van der Waals surface area contributed by atoms with Crippen LogP contribution < -0.4 is 9.62 Å². The highest BCUT2D eigenvalue weighted by molar-refractivity contribution is 7.92. The number of rotatable bonds is 10. The number of sulfonamides is 1. The monoisotopic (exact) mass is 567 g/mol. The average molecular weight is 568 g/mol. The summed E-state index contributed by atoms with van der Waals surface area (Å²) in [6, 6.07) is 7.71. The van der Waals surface area contributed by atoms with Crippen molar-refractivity contribution < 1.29 is 31.2 Å². The summed E-state index contributed by atoms with van der Waals surface area (Å²) in [4.78, 5) is 27.4. The quantitative estimate of drug-likeness (QED) is 0.450. The van der Waals surface area contributed by atoms with Crippen molar-refractivity contribution in [3.05, 3.63) is 63.6 Å². The minimum atomic E-state index is -4.77. The van der Waals surface area contributed by atoms with Crippen LogP contribution in [0.4, 0.5) is 18.9 Å². The van der Waals surface area contributed by atoms with E-state index in [1.807, 2.05) is 0 Å². The molecule has 0 saturated carbocycles. The number of halogens is 5. The standard InChI is InChI=1S/C23H26Cl2F3N3O4S/c1-4-19(22(33)29-5-2)30(13-15-6-9-17(24)10-7-15)21(32)14-31(36(3,34)35)20-12-16(23(26,27)28)8-11-18(20)25/h6-12,19H,4-5,13-14H2,1-3H3,(H,29,33). The van der Waals surface area contributed by atoms with Gasteiger partial charge in [-0.15, -0.1) is 0 Å². The van der Waals surface area contributed by atoms with Crippen LogP contribution >= 0.6 is 23.2 Å². The number of carbonyl (C=O) groups excluding carboxylic acids is 2. The van der Waals surface area contributed by atoms with Gasteiger partial charge in [0.15, 0.2) is 0 Å². The van der Waals surface area contributed by atoms with Crippen molar-refractivity contribution in [1.82, 2.24) is 10.2 Å². The fraction of sp³-hybridized carbons (Fsp3) is 0.391. The molecule has 7 nitrogen and oxygen atoms in total. The number of nitrogens with zero attached hydrogens (tertiary/aromatic N) is 2. The first-order valence-corrected chi connectivity index (χ1v) is 13.5. The number of benzene rings is 2. The Morgan fingerprint density at radius 1 is 1.06 bits per heavy atom. The van der Waals surface area contributed by atoms with Crippen LogP contribution in [-0.4, -0.2) is 50.5 Å². The lowest BCUT2D eigenvalue weighted by atomic mass is 10.1. The topological polar surface area (TPSA) is 86.8 Å². The van der Waals surface area contributed by atoms with E-state index in [1.54, 1.807) is 38.1 Å². The average Bonchev–Trinajstić information content (AvgIpc) is 2.77. The van der Waals surface area contributed by atoms with Gasteiger partial charge in [0.25, 0.3) is 0 Å². The molecule has 1 unspecified atom stereocenters. The molecule has 36 heavy (non-hydrogen) atoms. The third-order valence-electron chi connectivity index (χ3n) is 5.22. The van der Waals surface area contributed by atoms with E-state index in [0.717, 1.165) is 12.3 Å². The molecule has 1 N–H and O–H groups in total. The number of hydrogen-bond donors (Lipinski definition) is 1. The molecule has 0 spiro atoms. The van der Waals surface area contributed by atoms with Crippen molar-refractivity contribution in [1.29, 1.82) is 0 Å². The Morgan fingerprint density at radius 2 is 1.67 bits per heavy atom. The molecule has 2 rings (SSSR count). The first-order valence-electron chi connectivity index (χ1n) is 10.8. The van der Waals surface area contributed by atoms with E-state index in [4.69, 9.17) is 23.2 Å². The molecule has 13 heteroatoms. The lowest BCUT2D eigenvalue weighted by Crippen LogP contribution is -2.52. The van der Waals surface area contributed by atoms with Gasteiger partial charge in [0.05, 0.1) is 22.5 Å². The van der Waals surface area contributed by atoms with Crippen LogP contribution in [0.1, 0.15) is 31.4 Å². The zero-order chi connectivity index (χ0) is 27.3. The molecule has 0 bridgehead atoms. The van der Waals surface area contributed by atoms with Gasteiger partial charge in [0.2, 0.25) is 21.8 Å². The van der Waals surface area contributed by atoms with E-state index in [9.17, 15) is 31.2 Å². The molecular weight excluding hydrogens is 542 g/mol. The Balaban J connectivity index is 2.53. The van der Waals surface area contributed by atoms with Gasteiger partial charge in [-0.2, -0.15) is 13.2 Å². The molecule has 0 aromatic heterocycles. The Morgan fingerprint density at radius 3 is 2.17 bits per heavy atom. The molecule has 0 radical (unpaired) electrons. The number of nitrogens with one attached hydrogen (secondary N) is 1. The molecule has 1 atom stereocenters. The summed E-state index contributed by atoms with van der Waals surface area (Å²) in [6.07, 6.45) is -3.81. The molecule has 198 valence electrons. The lowest BCUT2D eigenvalue weighted by molar-refractivity contribution is -0.140. The minimum Gasteiger partial charge on any atom is -0.355 e. The fourth-order valence-corrected chi connectivity index (χ4v) is 4.72. The predicted molar refractivity (Wildman–Crippen MR) is 133 cm³/mol. The summed E-state index contributed by atoms with van der Waals surface area (Å²) < 4.78 is 65.6. The number of alkyl halides is 3. The number of hydrogen-bond acceptors (Lipinski definition) is 4. The van der Waals surface area contributed by atoms with Crippen LogP contribution in [0.2, 0.25) is 10.0 Å². The van der Waals surface area contributed by atoms with Crippen LogP contribution in [0.5, 0.6) is 0 Å². The molecular formula is C23H26Cl2F3N3O4S. The van der Waals surface area contributed by atoms with Gasteiger partial charge >= 0.3 is 6.18 Å². The smallest absolute Gasteiger partial charge is 0.355 e. The van der Waals surface area contributed by atoms with Crippen molar-refractivity contribution in [2.45, 2.75) is 39.0 Å². The molecule has 0 heterocycles. The number of anilines is 1. The second-order valence-electron chi connectivity index (χ2n) is 7.90. The second-order valence-corrected chi connectivity index (χ2v) is 10.7. The Labute approximate surface area is 218 Å². The van der Waals surface area contributed by atoms with E-state index in [-0.39, 0.29) is 18.0 Å². The minimum absolute atomic E-state index is 0.0699. The maximum atomic E-state index is 13.5. The van der Waals surface area contributed by atoms with Gasteiger partial charge in [-0.05, 0) is 49.2 Å². The number of likely N-dealkylation sites (N-methyl/N-ethyl adjacent to an activating group) is 1. The largest absolute Gasteiger partial charge is 0.416 e. The van der Waals surface area contributed by atoms with Gasteiger partial charge in [0.1, 0.15) is 12.6 Å². The summed E-state index contributed by atoms with van der Waals surface area (Å²) in [5.41, 5.74) is -1.02. The van der Waals surface area contributed by atoms with Gasteiger partial charge in [-0.1, -0.05) is 42.3 Å². The van der Waals surface area contributed by atoms with Crippen LogP contribution in [-0.2, 0) is 32.3 Å². The van der Waals surface area contributed by atoms with Gasteiger partial charge in [0, 0.05) is 18.1 Å². The summed E-state index contributed by atoms with van der Waals surface area (Å²) in [5.74, 6) is -1.26. The molecule has 2 aromatic rings. The summed E-state index contributed by atoms with van der Waals surface area (Å²) >= 11 is 12.0. The first kappa shape index (κ1) is 29.7. The Hall–Kier alpha value is -2.50. The van der Waals surface area contributed by atoms with Gasteiger partial charge < -0.3 is 10.2 Å². The van der Waals surface area contributed by atoms with Crippen LogP contribution in [0.3, 0.4) is 0 Å². The maximum Gasteiger partial charge on any atom is 0.416 e. The SMILES string of the molecule is CCNC(=O)C(CC)N(Cc1ccc(Cl)cc1)C(=O)CN(c1cc(C(F)(F)F)ccc1Cl)S(C)(=O)=O. The molecule has 0 fully saturated rings. The zero-order valence-electron chi connectivity index (χ0n) is 19.8. The fourth-order valence-electron chi connectivity index (χ4n) is 3.47. The maximum absolute atomic E-state index is 13.5. The molecule has 2 amide bonds. The predicted octanol–water partition coefficient (Wildman–Crippen LogP) is 4.72. The van der Waals surface area contributed by atoms with E-state index in [0.29, 0.717) is 33.6 Å². The van der Waals surface area contributed by atoms with Crippen molar-refractivity contribution in [2.75, 3.05) is 23.7 Å². The van der Waals surface area contributed by atoms with Gasteiger partial charge in [-0.25, -0.2) is 8.42 Å². The van der Waals surface area contributed by atoms with Crippen molar-refractivity contribution in [3.63, 3.8) is 0 Å². The summed E-state index contributed by atoms with van der Waals surface area (Å²) in [7, 11) is -4.26. The summed E-state index contributed by atoms with van der Waals surface area (Å²) in [6.45, 7) is 2.74.